The number of rotatable bonds is 7. The topological polar surface area (TPSA) is 83.6 Å². The highest BCUT2D eigenvalue weighted by atomic mass is 32.2. The van der Waals surface area contributed by atoms with Crippen molar-refractivity contribution in [2.45, 2.75) is 24.3 Å². The Morgan fingerprint density at radius 3 is 2.09 bits per heavy atom. The molecule has 0 radical (unpaired) electrons. The molecule has 6 nitrogen and oxygen atoms in total. The number of carbonyl (C=O) groups is 2. The molecule has 170 valence electrons. The lowest BCUT2D eigenvalue weighted by atomic mass is 9.98. The van der Waals surface area contributed by atoms with Crippen LogP contribution in [0.3, 0.4) is 0 Å². The fraction of sp³-hybridized carbons (Fsp3) is 0.200. The monoisotopic (exact) mass is 466 g/mol. The van der Waals surface area contributed by atoms with Gasteiger partial charge in [-0.25, -0.2) is 12.8 Å². The zero-order chi connectivity index (χ0) is 23.4. The van der Waals surface area contributed by atoms with Gasteiger partial charge in [-0.3, -0.25) is 9.59 Å². The molecular formula is C25H23FN2O4S. The van der Waals surface area contributed by atoms with E-state index in [1.807, 2.05) is 0 Å². The summed E-state index contributed by atoms with van der Waals surface area (Å²) >= 11 is 0. The summed E-state index contributed by atoms with van der Waals surface area (Å²) < 4.78 is 39.9. The molecule has 1 amide bonds. The van der Waals surface area contributed by atoms with Gasteiger partial charge in [0.15, 0.2) is 5.78 Å². The van der Waals surface area contributed by atoms with Crippen LogP contribution >= 0.6 is 0 Å². The molecule has 0 aromatic heterocycles. The molecule has 1 aliphatic rings. The summed E-state index contributed by atoms with van der Waals surface area (Å²) in [6, 6.07) is 18.0. The van der Waals surface area contributed by atoms with Gasteiger partial charge in [-0.1, -0.05) is 30.3 Å². The number of benzene rings is 3. The normalized spacial score (nSPS) is 14.2. The summed E-state index contributed by atoms with van der Waals surface area (Å²) in [5, 5.41) is 2.77. The van der Waals surface area contributed by atoms with E-state index in [0.29, 0.717) is 13.1 Å². The maximum Gasteiger partial charge on any atom is 0.252 e. The lowest BCUT2D eigenvalue weighted by Gasteiger charge is -2.15. The summed E-state index contributed by atoms with van der Waals surface area (Å²) in [5.41, 5.74) is 1.44. The van der Waals surface area contributed by atoms with Gasteiger partial charge in [-0.05, 0) is 60.9 Å². The highest BCUT2D eigenvalue weighted by Gasteiger charge is 2.27. The van der Waals surface area contributed by atoms with Crippen molar-refractivity contribution in [3.8, 4) is 0 Å². The average molecular weight is 467 g/mol. The van der Waals surface area contributed by atoms with Gasteiger partial charge in [0.2, 0.25) is 10.0 Å². The molecule has 1 aliphatic heterocycles. The Hall–Kier alpha value is -3.36. The summed E-state index contributed by atoms with van der Waals surface area (Å²) in [4.78, 5) is 25.9. The first-order valence-corrected chi connectivity index (χ1v) is 12.1. The number of hydrogen-bond donors (Lipinski definition) is 1. The van der Waals surface area contributed by atoms with Gasteiger partial charge in [-0.15, -0.1) is 0 Å². The SMILES string of the molecule is O=C(NCc1ccc(S(=O)(=O)N2CCCC2)cc1)c1ccccc1C(=O)c1ccc(F)cc1. The minimum Gasteiger partial charge on any atom is -0.348 e. The first-order chi connectivity index (χ1) is 15.9. The van der Waals surface area contributed by atoms with Crippen LogP contribution in [-0.4, -0.2) is 37.5 Å². The zero-order valence-corrected chi connectivity index (χ0v) is 18.6. The molecule has 0 atom stereocenters. The van der Waals surface area contributed by atoms with E-state index < -0.39 is 21.7 Å². The van der Waals surface area contributed by atoms with E-state index in [1.54, 1.807) is 48.5 Å². The molecule has 1 heterocycles. The molecule has 0 aliphatic carbocycles. The number of carbonyl (C=O) groups excluding carboxylic acids is 2. The largest absolute Gasteiger partial charge is 0.348 e. The van der Waals surface area contributed by atoms with Crippen LogP contribution in [0.2, 0.25) is 0 Å². The molecule has 4 rings (SSSR count). The number of ketones is 1. The van der Waals surface area contributed by atoms with Gasteiger partial charge < -0.3 is 5.32 Å². The van der Waals surface area contributed by atoms with Gasteiger partial charge in [0.05, 0.1) is 10.5 Å². The molecule has 0 spiro atoms. The second-order valence-electron chi connectivity index (χ2n) is 7.82. The molecule has 3 aromatic rings. The maximum atomic E-state index is 13.2. The van der Waals surface area contributed by atoms with Crippen LogP contribution in [0, 0.1) is 5.82 Å². The van der Waals surface area contributed by atoms with Crippen molar-refractivity contribution < 1.29 is 22.4 Å². The van der Waals surface area contributed by atoms with E-state index in [1.165, 1.54) is 28.6 Å². The molecule has 1 saturated heterocycles. The fourth-order valence-electron chi connectivity index (χ4n) is 3.77. The van der Waals surface area contributed by atoms with E-state index in [2.05, 4.69) is 5.32 Å². The van der Waals surface area contributed by atoms with Gasteiger partial charge >= 0.3 is 0 Å². The Morgan fingerprint density at radius 1 is 0.848 bits per heavy atom. The number of sulfonamides is 1. The number of nitrogens with one attached hydrogen (secondary N) is 1. The number of hydrogen-bond acceptors (Lipinski definition) is 4. The highest BCUT2D eigenvalue weighted by molar-refractivity contribution is 7.89. The van der Waals surface area contributed by atoms with Gasteiger partial charge in [0.25, 0.3) is 5.91 Å². The van der Waals surface area contributed by atoms with Crippen molar-refractivity contribution in [2.75, 3.05) is 13.1 Å². The number of nitrogens with zero attached hydrogens (tertiary/aromatic N) is 1. The maximum absolute atomic E-state index is 13.2. The van der Waals surface area contributed by atoms with E-state index >= 15 is 0 Å². The fourth-order valence-corrected chi connectivity index (χ4v) is 5.29. The van der Waals surface area contributed by atoms with Crippen molar-refractivity contribution >= 4 is 21.7 Å². The minimum atomic E-state index is -3.49. The third-order valence-corrected chi connectivity index (χ3v) is 7.51. The molecule has 3 aromatic carbocycles. The second-order valence-corrected chi connectivity index (χ2v) is 9.76. The van der Waals surface area contributed by atoms with Crippen molar-refractivity contribution in [1.29, 1.82) is 0 Å². The van der Waals surface area contributed by atoms with Crippen molar-refractivity contribution in [2.24, 2.45) is 0 Å². The van der Waals surface area contributed by atoms with Gasteiger partial charge in [0.1, 0.15) is 5.82 Å². The van der Waals surface area contributed by atoms with Gasteiger partial charge in [0, 0.05) is 30.8 Å². The van der Waals surface area contributed by atoms with Crippen LogP contribution in [0.15, 0.2) is 77.7 Å². The van der Waals surface area contributed by atoms with Crippen LogP contribution in [-0.2, 0) is 16.6 Å². The second kappa shape index (κ2) is 9.64. The van der Waals surface area contributed by atoms with Crippen molar-refractivity contribution in [3.05, 3.63) is 101 Å². The minimum absolute atomic E-state index is 0.169. The highest BCUT2D eigenvalue weighted by Crippen LogP contribution is 2.21. The van der Waals surface area contributed by atoms with Crippen LogP contribution in [0.25, 0.3) is 0 Å². The Balaban J connectivity index is 1.45. The average Bonchev–Trinajstić information content (AvgIpc) is 3.39. The number of amides is 1. The quantitative estimate of drug-likeness (QED) is 0.538. The van der Waals surface area contributed by atoms with E-state index in [0.717, 1.165) is 18.4 Å². The zero-order valence-electron chi connectivity index (χ0n) is 17.8. The number of halogens is 1. The molecule has 1 fully saturated rings. The van der Waals surface area contributed by atoms with Crippen LogP contribution in [0.5, 0.6) is 0 Å². The molecule has 1 N–H and O–H groups in total. The van der Waals surface area contributed by atoms with E-state index in [4.69, 9.17) is 0 Å². The van der Waals surface area contributed by atoms with Crippen LogP contribution in [0.1, 0.15) is 44.7 Å². The van der Waals surface area contributed by atoms with E-state index in [9.17, 15) is 22.4 Å². The first-order valence-electron chi connectivity index (χ1n) is 10.6. The Morgan fingerprint density at radius 2 is 1.45 bits per heavy atom. The standard InChI is InChI=1S/C25H23FN2O4S/c26-20-11-9-19(10-12-20)24(29)22-5-1-2-6-23(22)25(30)27-17-18-7-13-21(14-8-18)33(31,32)28-15-3-4-16-28/h1-2,5-14H,3-4,15-17H2,(H,27,30). The molecule has 0 saturated carbocycles. The third kappa shape index (κ3) is 5.02. The van der Waals surface area contributed by atoms with Crippen LogP contribution < -0.4 is 5.32 Å². The lowest BCUT2D eigenvalue weighted by Crippen LogP contribution is -2.28. The van der Waals surface area contributed by atoms with E-state index in [-0.39, 0.29) is 33.9 Å². The predicted octanol–water partition coefficient (Wildman–Crippen LogP) is 3.77. The Bertz CT molecular complexity index is 1270. The van der Waals surface area contributed by atoms with Crippen molar-refractivity contribution in [1.82, 2.24) is 9.62 Å². The third-order valence-electron chi connectivity index (χ3n) is 5.60. The van der Waals surface area contributed by atoms with Crippen molar-refractivity contribution in [3.63, 3.8) is 0 Å². The molecule has 0 unspecified atom stereocenters. The van der Waals surface area contributed by atoms with Gasteiger partial charge in [-0.2, -0.15) is 4.31 Å². The molecular weight excluding hydrogens is 443 g/mol. The summed E-state index contributed by atoms with van der Waals surface area (Å²) in [5.74, 6) is -1.26. The Kier molecular flexibility index (Phi) is 6.67. The summed E-state index contributed by atoms with van der Waals surface area (Å²) in [6.45, 7) is 1.24. The summed E-state index contributed by atoms with van der Waals surface area (Å²) in [7, 11) is -3.49. The smallest absolute Gasteiger partial charge is 0.252 e. The molecule has 0 bridgehead atoms. The lowest BCUT2D eigenvalue weighted by molar-refractivity contribution is 0.0939. The first kappa shape index (κ1) is 22.8. The summed E-state index contributed by atoms with van der Waals surface area (Å²) in [6.07, 6.45) is 1.74. The van der Waals surface area contributed by atoms with Crippen LogP contribution in [0.4, 0.5) is 4.39 Å². The predicted molar refractivity (Wildman–Crippen MR) is 122 cm³/mol. The molecule has 33 heavy (non-hydrogen) atoms. The Labute approximate surface area is 192 Å². The molecule has 8 heteroatoms.